The van der Waals surface area contributed by atoms with Gasteiger partial charge in [0.05, 0.1) is 41.1 Å². The Morgan fingerprint density at radius 3 is 2.87 bits per heavy atom. The molecular formula is C24H21ClN4O2. The number of hydrogen-bond donors (Lipinski definition) is 1. The lowest BCUT2D eigenvalue weighted by Crippen LogP contribution is -2.33. The van der Waals surface area contributed by atoms with Crippen LogP contribution in [0.15, 0.2) is 30.5 Å². The molecule has 1 aromatic carbocycles. The summed E-state index contributed by atoms with van der Waals surface area (Å²) < 4.78 is 5.77. The number of aromatic nitrogens is 2. The third-order valence-electron chi connectivity index (χ3n) is 5.94. The van der Waals surface area contributed by atoms with Crippen molar-refractivity contribution < 1.29 is 9.53 Å². The van der Waals surface area contributed by atoms with E-state index in [1.54, 1.807) is 12.3 Å². The quantitative estimate of drug-likeness (QED) is 0.623. The van der Waals surface area contributed by atoms with Crippen LogP contribution in [0.1, 0.15) is 58.6 Å². The zero-order chi connectivity index (χ0) is 21.7. The second-order valence-corrected chi connectivity index (χ2v) is 8.45. The topological polar surface area (TPSA) is 81.3 Å². The van der Waals surface area contributed by atoms with Crippen molar-refractivity contribution in [2.45, 2.75) is 45.1 Å². The van der Waals surface area contributed by atoms with Gasteiger partial charge in [-0.25, -0.2) is 4.98 Å². The average molecular weight is 433 g/mol. The van der Waals surface area contributed by atoms with Gasteiger partial charge in [-0.05, 0) is 49.6 Å². The predicted octanol–water partition coefficient (Wildman–Crippen LogP) is 4.24. The molecule has 1 fully saturated rings. The lowest BCUT2D eigenvalue weighted by molar-refractivity contribution is 0.0727. The van der Waals surface area contributed by atoms with Crippen molar-refractivity contribution in [3.8, 4) is 12.3 Å². The van der Waals surface area contributed by atoms with Crippen LogP contribution in [0.4, 0.5) is 5.82 Å². The van der Waals surface area contributed by atoms with E-state index in [0.29, 0.717) is 40.6 Å². The summed E-state index contributed by atoms with van der Waals surface area (Å²) in [7, 11) is 0. The van der Waals surface area contributed by atoms with Crippen LogP contribution < -0.4 is 5.73 Å². The van der Waals surface area contributed by atoms with Crippen molar-refractivity contribution in [1.29, 1.82) is 0 Å². The molecule has 2 N–H and O–H groups in total. The number of benzene rings is 1. The Balaban J connectivity index is 1.53. The number of amides is 1. The number of anilines is 1. The fraction of sp³-hybridized carbons (Fsp3) is 0.292. The zero-order valence-corrected chi connectivity index (χ0v) is 17.8. The first-order valence-electron chi connectivity index (χ1n) is 10.2. The number of pyridine rings is 2. The smallest absolute Gasteiger partial charge is 0.255 e. The summed E-state index contributed by atoms with van der Waals surface area (Å²) in [4.78, 5) is 24.3. The molecule has 0 radical (unpaired) electrons. The van der Waals surface area contributed by atoms with Gasteiger partial charge in [-0.1, -0.05) is 17.5 Å². The first-order valence-corrected chi connectivity index (χ1v) is 10.6. The maximum absolute atomic E-state index is 13.6. The highest BCUT2D eigenvalue weighted by atomic mass is 35.5. The van der Waals surface area contributed by atoms with E-state index < -0.39 is 0 Å². The van der Waals surface area contributed by atoms with Crippen LogP contribution in [0.25, 0.3) is 10.9 Å². The monoisotopic (exact) mass is 432 g/mol. The van der Waals surface area contributed by atoms with E-state index in [-0.39, 0.29) is 18.1 Å². The molecule has 2 aromatic heterocycles. The minimum Gasteiger partial charge on any atom is -0.383 e. The first-order chi connectivity index (χ1) is 15.0. The summed E-state index contributed by atoms with van der Waals surface area (Å²) in [6.07, 6.45) is 8.88. The van der Waals surface area contributed by atoms with Crippen molar-refractivity contribution in [3.05, 3.63) is 63.4 Å². The maximum atomic E-state index is 13.6. The van der Waals surface area contributed by atoms with Crippen LogP contribution >= 0.6 is 11.6 Å². The summed E-state index contributed by atoms with van der Waals surface area (Å²) in [5, 5.41) is 1.21. The molecule has 1 aliphatic carbocycles. The van der Waals surface area contributed by atoms with Gasteiger partial charge in [-0.3, -0.25) is 9.78 Å². The van der Waals surface area contributed by atoms with Gasteiger partial charge >= 0.3 is 0 Å². The number of nitrogen functional groups attached to an aromatic ring is 1. The van der Waals surface area contributed by atoms with E-state index >= 15 is 0 Å². The lowest BCUT2D eigenvalue weighted by Gasteiger charge is -2.23. The summed E-state index contributed by atoms with van der Waals surface area (Å²) in [5.74, 6) is 2.89. The van der Waals surface area contributed by atoms with Crippen molar-refractivity contribution >= 4 is 34.2 Å². The van der Waals surface area contributed by atoms with Gasteiger partial charge in [0.15, 0.2) is 0 Å². The summed E-state index contributed by atoms with van der Waals surface area (Å²) in [5.41, 5.74) is 10.6. The molecule has 0 spiro atoms. The van der Waals surface area contributed by atoms with Crippen LogP contribution in [-0.4, -0.2) is 26.8 Å². The van der Waals surface area contributed by atoms with Gasteiger partial charge in [-0.2, -0.15) is 0 Å². The van der Waals surface area contributed by atoms with Crippen LogP contribution in [0, 0.1) is 12.3 Å². The van der Waals surface area contributed by atoms with E-state index in [4.69, 9.17) is 28.5 Å². The van der Waals surface area contributed by atoms with Gasteiger partial charge in [-0.15, -0.1) is 6.42 Å². The number of carbonyl (C=O) groups excluding carboxylic acids is 1. The number of nitrogens with two attached hydrogens (primary N) is 1. The van der Waals surface area contributed by atoms with E-state index in [2.05, 4.69) is 15.9 Å². The number of halogens is 1. The van der Waals surface area contributed by atoms with Gasteiger partial charge in [0.25, 0.3) is 5.91 Å². The molecule has 3 aromatic rings. The Labute approximate surface area is 185 Å². The Kier molecular flexibility index (Phi) is 4.81. The number of ether oxygens (including phenoxy) is 1. The van der Waals surface area contributed by atoms with E-state index in [0.717, 1.165) is 35.0 Å². The predicted molar refractivity (Wildman–Crippen MR) is 119 cm³/mol. The molecule has 1 unspecified atom stereocenters. The normalized spacial score (nSPS) is 17.4. The Hall–Kier alpha value is -3.14. The zero-order valence-electron chi connectivity index (χ0n) is 17.1. The third-order valence-corrected chi connectivity index (χ3v) is 6.25. The van der Waals surface area contributed by atoms with Crippen LogP contribution in [0.2, 0.25) is 5.02 Å². The van der Waals surface area contributed by atoms with E-state index in [1.165, 1.54) is 0 Å². The molecular weight excluding hydrogens is 412 g/mol. The minimum atomic E-state index is -0.123. The van der Waals surface area contributed by atoms with E-state index in [9.17, 15) is 4.79 Å². The highest BCUT2D eigenvalue weighted by Gasteiger charge is 2.35. The van der Waals surface area contributed by atoms with Crippen LogP contribution in [-0.2, 0) is 17.9 Å². The fourth-order valence-electron chi connectivity index (χ4n) is 4.14. The van der Waals surface area contributed by atoms with Crippen molar-refractivity contribution in [3.63, 3.8) is 0 Å². The Morgan fingerprint density at radius 1 is 1.39 bits per heavy atom. The molecule has 1 aliphatic heterocycles. The largest absolute Gasteiger partial charge is 0.383 e. The molecule has 3 heterocycles. The standard InChI is InChI=1S/C24H21ClN4O2/c1-3-14-4-5-15(27-10-14)11-29(16-6-7-16)24(30)18-8-17-19-12-31-13(2)22(19)23(26)28-21(17)9-20(18)25/h1,4-5,8-10,13,16H,6-7,11-12H2,2H3,(H2,26,28). The number of terminal acetylenes is 1. The number of rotatable bonds is 4. The number of carbonyl (C=O) groups is 1. The number of nitrogens with zero attached hydrogens (tertiary/aromatic N) is 3. The maximum Gasteiger partial charge on any atom is 0.255 e. The average Bonchev–Trinajstić information content (AvgIpc) is 3.53. The van der Waals surface area contributed by atoms with Crippen LogP contribution in [0.3, 0.4) is 0 Å². The lowest BCUT2D eigenvalue weighted by atomic mass is 10.00. The molecule has 7 heteroatoms. The summed E-state index contributed by atoms with van der Waals surface area (Å²) >= 11 is 6.54. The van der Waals surface area contributed by atoms with Gasteiger partial charge < -0.3 is 15.4 Å². The molecule has 1 atom stereocenters. The van der Waals surface area contributed by atoms with Gasteiger partial charge in [0.1, 0.15) is 5.82 Å². The van der Waals surface area contributed by atoms with Crippen molar-refractivity contribution in [2.75, 3.05) is 5.73 Å². The number of hydrogen-bond acceptors (Lipinski definition) is 5. The van der Waals surface area contributed by atoms with Gasteiger partial charge in [0, 0.05) is 28.8 Å². The molecule has 2 aliphatic rings. The third kappa shape index (κ3) is 3.50. The molecule has 156 valence electrons. The Morgan fingerprint density at radius 2 is 2.19 bits per heavy atom. The van der Waals surface area contributed by atoms with Crippen LogP contribution in [0.5, 0.6) is 0 Å². The highest BCUT2D eigenvalue weighted by molar-refractivity contribution is 6.34. The molecule has 31 heavy (non-hydrogen) atoms. The fourth-order valence-corrected chi connectivity index (χ4v) is 4.38. The van der Waals surface area contributed by atoms with Crippen molar-refractivity contribution in [1.82, 2.24) is 14.9 Å². The van der Waals surface area contributed by atoms with Crippen molar-refractivity contribution in [2.24, 2.45) is 0 Å². The molecule has 1 saturated carbocycles. The SMILES string of the molecule is C#Cc1ccc(CN(C(=O)c2cc3c4c(c(N)nc3cc2Cl)C(C)OC4)C2CC2)nc1. The molecule has 5 rings (SSSR count). The number of fused-ring (bicyclic) bond motifs is 3. The summed E-state index contributed by atoms with van der Waals surface area (Å²) in [6, 6.07) is 7.43. The second kappa shape index (κ2) is 7.52. The highest BCUT2D eigenvalue weighted by Crippen LogP contribution is 2.40. The summed E-state index contributed by atoms with van der Waals surface area (Å²) in [6.45, 7) is 2.79. The Bertz CT molecular complexity index is 1250. The van der Waals surface area contributed by atoms with E-state index in [1.807, 2.05) is 30.0 Å². The molecule has 6 nitrogen and oxygen atoms in total. The molecule has 1 amide bonds. The van der Waals surface area contributed by atoms with Gasteiger partial charge in [0.2, 0.25) is 0 Å². The molecule has 0 saturated heterocycles. The minimum absolute atomic E-state index is 0.116. The second-order valence-electron chi connectivity index (χ2n) is 8.04. The molecule has 0 bridgehead atoms. The first kappa shape index (κ1) is 19.8.